The predicted molar refractivity (Wildman–Crippen MR) is 124 cm³/mol. The van der Waals surface area contributed by atoms with Crippen LogP contribution >= 0.6 is 0 Å². The van der Waals surface area contributed by atoms with Crippen LogP contribution in [0.5, 0.6) is 0 Å². The molecule has 1 aliphatic heterocycles. The first-order valence-corrected chi connectivity index (χ1v) is 10.3. The van der Waals surface area contributed by atoms with Crippen molar-refractivity contribution >= 4 is 51.5 Å². The normalized spacial score (nSPS) is 17.1. The molecule has 3 aromatic rings. The highest BCUT2D eigenvalue weighted by atomic mass is 16.7. The van der Waals surface area contributed by atoms with Crippen LogP contribution in [0.3, 0.4) is 0 Å². The lowest BCUT2D eigenvalue weighted by molar-refractivity contribution is -0.140. The SMILES string of the molecule is CCn1c2ccc(/C=C3\O/C(=N\C)N(C)C3=O)cc2c2cc(/C(C)=N/OC(C)=O)ccc21. The Labute approximate surface area is 185 Å². The highest BCUT2D eigenvalue weighted by Gasteiger charge is 2.31. The maximum Gasteiger partial charge on any atom is 0.331 e. The molecule has 0 radical (unpaired) electrons. The number of carbonyl (C=O) groups excluding carboxylic acids is 2. The molecule has 1 aromatic heterocycles. The number of amidine groups is 1. The summed E-state index contributed by atoms with van der Waals surface area (Å²) >= 11 is 0. The third kappa shape index (κ3) is 3.64. The molecule has 8 nitrogen and oxygen atoms in total. The van der Waals surface area contributed by atoms with Gasteiger partial charge in [-0.15, -0.1) is 0 Å². The molecule has 0 spiro atoms. The van der Waals surface area contributed by atoms with Crippen molar-refractivity contribution in [3.8, 4) is 0 Å². The third-order valence-corrected chi connectivity index (χ3v) is 5.43. The van der Waals surface area contributed by atoms with E-state index in [0.29, 0.717) is 5.71 Å². The summed E-state index contributed by atoms with van der Waals surface area (Å²) in [6.45, 7) is 6.02. The number of oxime groups is 1. The minimum absolute atomic E-state index is 0.233. The maximum atomic E-state index is 12.4. The van der Waals surface area contributed by atoms with Crippen molar-refractivity contribution in [3.05, 3.63) is 53.3 Å². The molecule has 164 valence electrons. The summed E-state index contributed by atoms with van der Waals surface area (Å²) in [4.78, 5) is 33.7. The molecule has 1 saturated heterocycles. The number of aliphatic imine (C=N–C) groups is 1. The van der Waals surface area contributed by atoms with E-state index in [2.05, 4.69) is 21.6 Å². The highest BCUT2D eigenvalue weighted by molar-refractivity contribution is 6.13. The van der Waals surface area contributed by atoms with E-state index in [-0.39, 0.29) is 17.7 Å². The van der Waals surface area contributed by atoms with E-state index >= 15 is 0 Å². The van der Waals surface area contributed by atoms with Gasteiger partial charge in [-0.25, -0.2) is 9.79 Å². The Morgan fingerprint density at radius 3 is 2.44 bits per heavy atom. The van der Waals surface area contributed by atoms with E-state index in [9.17, 15) is 9.59 Å². The average molecular weight is 432 g/mol. The van der Waals surface area contributed by atoms with Gasteiger partial charge in [0.25, 0.3) is 11.9 Å². The average Bonchev–Trinajstić information content (AvgIpc) is 3.25. The van der Waals surface area contributed by atoms with Crippen LogP contribution in [0, 0.1) is 0 Å². The number of fused-ring (bicyclic) bond motifs is 3. The van der Waals surface area contributed by atoms with Gasteiger partial charge in [-0.3, -0.25) is 9.69 Å². The van der Waals surface area contributed by atoms with E-state index < -0.39 is 5.97 Å². The van der Waals surface area contributed by atoms with Gasteiger partial charge in [-0.1, -0.05) is 17.3 Å². The molecule has 0 N–H and O–H groups in total. The standard InChI is InChI=1S/C24H24N4O4/c1-6-28-20-9-7-16(12-22-23(30)27(5)24(25-4)31-22)11-18(20)19-13-17(8-10-21(19)28)14(2)26-32-15(3)29/h7-13H,6H2,1-5H3/b22-12-,25-24-,26-14+. The van der Waals surface area contributed by atoms with Crippen LogP contribution < -0.4 is 0 Å². The van der Waals surface area contributed by atoms with Gasteiger partial charge in [0.15, 0.2) is 5.76 Å². The van der Waals surface area contributed by atoms with Crippen LogP contribution in [0.2, 0.25) is 0 Å². The Hall–Kier alpha value is -3.94. The predicted octanol–water partition coefficient (Wildman–Crippen LogP) is 3.92. The number of ether oxygens (including phenoxy) is 1. The maximum absolute atomic E-state index is 12.4. The number of benzene rings is 2. The summed E-state index contributed by atoms with van der Waals surface area (Å²) in [6, 6.07) is 12.4. The number of aryl methyl sites for hydroxylation is 1. The lowest BCUT2D eigenvalue weighted by Crippen LogP contribution is -2.24. The Morgan fingerprint density at radius 1 is 1.12 bits per heavy atom. The molecule has 0 aliphatic carbocycles. The van der Waals surface area contributed by atoms with Crippen LogP contribution in [-0.2, 0) is 25.7 Å². The Bertz CT molecular complexity index is 1350. The van der Waals surface area contributed by atoms with Crippen molar-refractivity contribution in [2.24, 2.45) is 10.1 Å². The van der Waals surface area contributed by atoms with Crippen molar-refractivity contribution < 1.29 is 19.2 Å². The fourth-order valence-corrected chi connectivity index (χ4v) is 3.86. The van der Waals surface area contributed by atoms with Gasteiger partial charge in [0.2, 0.25) is 0 Å². The highest BCUT2D eigenvalue weighted by Crippen LogP contribution is 2.32. The molecule has 1 amide bonds. The van der Waals surface area contributed by atoms with E-state index in [1.807, 2.05) is 36.4 Å². The van der Waals surface area contributed by atoms with Crippen molar-refractivity contribution in [1.82, 2.24) is 9.47 Å². The zero-order valence-corrected chi connectivity index (χ0v) is 18.7. The smallest absolute Gasteiger partial charge is 0.331 e. The van der Waals surface area contributed by atoms with E-state index in [4.69, 9.17) is 9.57 Å². The Morgan fingerprint density at radius 2 is 1.81 bits per heavy atom. The van der Waals surface area contributed by atoms with E-state index in [1.165, 1.54) is 11.8 Å². The third-order valence-electron chi connectivity index (χ3n) is 5.43. The number of likely N-dealkylation sites (N-methyl/N-ethyl adjacent to an activating group) is 1. The van der Waals surface area contributed by atoms with Gasteiger partial charge < -0.3 is 14.1 Å². The van der Waals surface area contributed by atoms with Crippen LogP contribution in [0.25, 0.3) is 27.9 Å². The number of aromatic nitrogens is 1. The number of hydrogen-bond donors (Lipinski definition) is 0. The first-order valence-electron chi connectivity index (χ1n) is 10.3. The quantitative estimate of drug-likeness (QED) is 0.271. The summed E-state index contributed by atoms with van der Waals surface area (Å²) in [7, 11) is 3.21. The zero-order valence-electron chi connectivity index (χ0n) is 18.7. The number of rotatable bonds is 4. The van der Waals surface area contributed by atoms with Gasteiger partial charge in [0.05, 0.1) is 5.71 Å². The molecular weight excluding hydrogens is 408 g/mol. The molecule has 4 rings (SSSR count). The van der Waals surface area contributed by atoms with Gasteiger partial charge in [-0.05, 0) is 55.3 Å². The summed E-state index contributed by atoms with van der Waals surface area (Å²) in [6.07, 6.45) is 1.73. The molecule has 0 bridgehead atoms. The largest absolute Gasteiger partial charge is 0.420 e. The Balaban J connectivity index is 1.84. The molecule has 1 aliphatic rings. The summed E-state index contributed by atoms with van der Waals surface area (Å²) in [5.74, 6) is -0.464. The van der Waals surface area contributed by atoms with Gasteiger partial charge >= 0.3 is 5.97 Å². The first-order chi connectivity index (χ1) is 15.3. The summed E-state index contributed by atoms with van der Waals surface area (Å²) < 4.78 is 7.82. The monoisotopic (exact) mass is 432 g/mol. The molecule has 0 atom stereocenters. The zero-order chi connectivity index (χ0) is 23.0. The van der Waals surface area contributed by atoms with Crippen LogP contribution in [0.4, 0.5) is 0 Å². The van der Waals surface area contributed by atoms with Crippen molar-refractivity contribution in [2.75, 3.05) is 14.1 Å². The summed E-state index contributed by atoms with van der Waals surface area (Å²) in [5, 5.41) is 5.99. The summed E-state index contributed by atoms with van der Waals surface area (Å²) in [5.41, 5.74) is 4.49. The minimum Gasteiger partial charge on any atom is -0.420 e. The van der Waals surface area contributed by atoms with Gasteiger partial charge in [0.1, 0.15) is 0 Å². The van der Waals surface area contributed by atoms with Crippen LogP contribution in [0.1, 0.15) is 31.9 Å². The van der Waals surface area contributed by atoms with Gasteiger partial charge in [-0.2, -0.15) is 0 Å². The molecule has 0 saturated carbocycles. The molecule has 32 heavy (non-hydrogen) atoms. The molecule has 8 heteroatoms. The topological polar surface area (TPSA) is 85.5 Å². The molecular formula is C24H24N4O4. The van der Waals surface area contributed by atoms with Gasteiger partial charge in [0, 0.05) is 49.4 Å². The number of carbonyl (C=O) groups is 2. The molecule has 0 unspecified atom stereocenters. The number of nitrogens with zero attached hydrogens (tertiary/aromatic N) is 4. The second kappa shape index (κ2) is 8.30. The fourth-order valence-electron chi connectivity index (χ4n) is 3.86. The van der Waals surface area contributed by atoms with Crippen molar-refractivity contribution in [1.29, 1.82) is 0 Å². The number of amides is 1. The van der Waals surface area contributed by atoms with Crippen LogP contribution in [0.15, 0.2) is 52.3 Å². The first kappa shape index (κ1) is 21.3. The molecule has 2 aromatic carbocycles. The molecule has 2 heterocycles. The van der Waals surface area contributed by atoms with E-state index in [1.54, 1.807) is 27.1 Å². The number of hydrogen-bond acceptors (Lipinski definition) is 6. The second-order valence-electron chi connectivity index (χ2n) is 7.49. The lowest BCUT2D eigenvalue weighted by atomic mass is 10.0. The van der Waals surface area contributed by atoms with Crippen molar-refractivity contribution in [3.63, 3.8) is 0 Å². The Kier molecular flexibility index (Phi) is 5.52. The van der Waals surface area contributed by atoms with Crippen molar-refractivity contribution in [2.45, 2.75) is 27.3 Å². The minimum atomic E-state index is -0.462. The van der Waals surface area contributed by atoms with Crippen LogP contribution in [-0.4, -0.2) is 47.2 Å². The lowest BCUT2D eigenvalue weighted by Gasteiger charge is -2.04. The second-order valence-corrected chi connectivity index (χ2v) is 7.49. The van der Waals surface area contributed by atoms with E-state index in [0.717, 1.165) is 39.5 Å². The fraction of sp³-hybridized carbons (Fsp3) is 0.250. The molecule has 1 fully saturated rings.